The minimum Gasteiger partial charge on any atom is -0.506 e. The lowest BCUT2D eigenvalue weighted by Crippen LogP contribution is -2.17. The van der Waals surface area contributed by atoms with E-state index in [0.717, 1.165) is 18.3 Å². The van der Waals surface area contributed by atoms with E-state index < -0.39 is 10.8 Å². The molecule has 0 fully saturated rings. The van der Waals surface area contributed by atoms with Gasteiger partial charge in [0.2, 0.25) is 0 Å². The number of nitro benzene ring substituents is 1. The zero-order valence-corrected chi connectivity index (χ0v) is 13.7. The van der Waals surface area contributed by atoms with Crippen molar-refractivity contribution in [2.24, 2.45) is 5.10 Å². The molecule has 2 aromatic rings. The monoisotopic (exact) mass is 397 g/mol. The summed E-state index contributed by atoms with van der Waals surface area (Å²) in [5.74, 6) is -0.776. The van der Waals surface area contributed by atoms with Crippen LogP contribution >= 0.6 is 27.5 Å². The number of nitro groups is 1. The van der Waals surface area contributed by atoms with E-state index in [1.807, 2.05) is 0 Å². The zero-order chi connectivity index (χ0) is 17.0. The van der Waals surface area contributed by atoms with Crippen molar-refractivity contribution in [3.63, 3.8) is 0 Å². The van der Waals surface area contributed by atoms with Crippen molar-refractivity contribution in [2.45, 2.75) is 0 Å². The number of hydrogen-bond donors (Lipinski definition) is 2. The quantitative estimate of drug-likeness (QED) is 0.467. The topological polar surface area (TPSA) is 105 Å². The van der Waals surface area contributed by atoms with E-state index in [0.29, 0.717) is 0 Å². The smallest absolute Gasteiger partial charge is 0.272 e. The molecule has 0 heterocycles. The minimum atomic E-state index is -0.607. The zero-order valence-electron chi connectivity index (χ0n) is 11.4. The number of benzene rings is 2. The lowest BCUT2D eigenvalue weighted by atomic mass is 10.2. The van der Waals surface area contributed by atoms with Gasteiger partial charge in [0.25, 0.3) is 11.6 Å². The second kappa shape index (κ2) is 7.21. The van der Waals surface area contributed by atoms with Crippen molar-refractivity contribution in [2.75, 3.05) is 0 Å². The third-order valence-corrected chi connectivity index (χ3v) is 3.71. The molecule has 0 aliphatic heterocycles. The SMILES string of the molecule is O=C(N/N=C\c1cc([N+](=O)[O-])cc(Br)c1O)c1ccccc1Cl. The average molecular weight is 399 g/mol. The van der Waals surface area contributed by atoms with Crippen molar-refractivity contribution >= 4 is 45.3 Å². The Morgan fingerprint density at radius 1 is 1.39 bits per heavy atom. The molecule has 2 N–H and O–H groups in total. The molecule has 23 heavy (non-hydrogen) atoms. The van der Waals surface area contributed by atoms with Gasteiger partial charge in [0.15, 0.2) is 0 Å². The second-order valence-electron chi connectivity index (χ2n) is 4.30. The highest BCUT2D eigenvalue weighted by Crippen LogP contribution is 2.31. The molecule has 2 rings (SSSR count). The second-order valence-corrected chi connectivity index (χ2v) is 5.56. The predicted molar refractivity (Wildman–Crippen MR) is 89.0 cm³/mol. The number of hydrogen-bond acceptors (Lipinski definition) is 5. The molecular weight excluding hydrogens is 390 g/mol. The molecule has 9 heteroatoms. The number of hydrazone groups is 1. The first-order valence-electron chi connectivity index (χ1n) is 6.15. The molecule has 0 saturated carbocycles. The van der Waals surface area contributed by atoms with Crippen LogP contribution in [0.2, 0.25) is 5.02 Å². The highest BCUT2D eigenvalue weighted by molar-refractivity contribution is 9.10. The van der Waals surface area contributed by atoms with Gasteiger partial charge in [-0.25, -0.2) is 5.43 Å². The van der Waals surface area contributed by atoms with Crippen LogP contribution in [0, 0.1) is 10.1 Å². The van der Waals surface area contributed by atoms with Crippen LogP contribution in [-0.4, -0.2) is 22.2 Å². The highest BCUT2D eigenvalue weighted by Gasteiger charge is 2.14. The van der Waals surface area contributed by atoms with Gasteiger partial charge in [-0.2, -0.15) is 5.10 Å². The van der Waals surface area contributed by atoms with Crippen molar-refractivity contribution in [1.82, 2.24) is 5.43 Å². The van der Waals surface area contributed by atoms with Crippen LogP contribution in [-0.2, 0) is 0 Å². The van der Waals surface area contributed by atoms with Gasteiger partial charge in [0.05, 0.1) is 26.2 Å². The number of amides is 1. The van der Waals surface area contributed by atoms with Crippen LogP contribution in [0.25, 0.3) is 0 Å². The van der Waals surface area contributed by atoms with E-state index in [-0.39, 0.29) is 32.1 Å². The molecule has 0 atom stereocenters. The van der Waals surface area contributed by atoms with Crippen molar-refractivity contribution in [1.29, 1.82) is 0 Å². The fourth-order valence-electron chi connectivity index (χ4n) is 1.68. The average Bonchev–Trinajstić information content (AvgIpc) is 2.51. The maximum atomic E-state index is 11.9. The normalized spacial score (nSPS) is 10.7. The fourth-order valence-corrected chi connectivity index (χ4v) is 2.36. The van der Waals surface area contributed by atoms with E-state index in [2.05, 4.69) is 26.5 Å². The summed E-state index contributed by atoms with van der Waals surface area (Å²) in [6.45, 7) is 0. The summed E-state index contributed by atoms with van der Waals surface area (Å²) in [6.07, 6.45) is 1.10. The lowest BCUT2D eigenvalue weighted by Gasteiger charge is -2.03. The predicted octanol–water partition coefficient (Wildman–Crippen LogP) is 3.48. The number of carbonyl (C=O) groups excluding carboxylic acids is 1. The Kier molecular flexibility index (Phi) is 5.30. The summed E-state index contributed by atoms with van der Waals surface area (Å²) < 4.78 is 0.144. The molecule has 0 bridgehead atoms. The standard InChI is InChI=1S/C14H9BrClN3O4/c15-11-6-9(19(22)23)5-8(13(11)20)7-17-18-14(21)10-3-1-2-4-12(10)16/h1-7,20H,(H,18,21)/b17-7-. The molecule has 0 radical (unpaired) electrons. The van der Waals surface area contributed by atoms with E-state index in [9.17, 15) is 20.0 Å². The first-order chi connectivity index (χ1) is 10.9. The minimum absolute atomic E-state index is 0.0746. The fraction of sp³-hybridized carbons (Fsp3) is 0. The van der Waals surface area contributed by atoms with Gasteiger partial charge in [0.1, 0.15) is 5.75 Å². The van der Waals surface area contributed by atoms with Gasteiger partial charge in [-0.3, -0.25) is 14.9 Å². The van der Waals surface area contributed by atoms with Crippen LogP contribution < -0.4 is 5.43 Å². The molecule has 0 aliphatic carbocycles. The first-order valence-corrected chi connectivity index (χ1v) is 7.32. The van der Waals surface area contributed by atoms with Gasteiger partial charge >= 0.3 is 0 Å². The summed E-state index contributed by atoms with van der Waals surface area (Å²) in [4.78, 5) is 22.1. The van der Waals surface area contributed by atoms with Gasteiger partial charge in [-0.15, -0.1) is 0 Å². The molecule has 0 unspecified atom stereocenters. The van der Waals surface area contributed by atoms with Crippen LogP contribution in [0.5, 0.6) is 5.75 Å². The van der Waals surface area contributed by atoms with Gasteiger partial charge in [0, 0.05) is 17.7 Å². The Morgan fingerprint density at radius 2 is 2.09 bits per heavy atom. The van der Waals surface area contributed by atoms with E-state index in [1.54, 1.807) is 18.2 Å². The van der Waals surface area contributed by atoms with Crippen LogP contribution in [0.3, 0.4) is 0 Å². The van der Waals surface area contributed by atoms with E-state index in [1.165, 1.54) is 6.07 Å². The Balaban J connectivity index is 2.19. The third-order valence-electron chi connectivity index (χ3n) is 2.78. The Labute approximate surface area is 143 Å². The number of halogens is 2. The maximum absolute atomic E-state index is 11.9. The number of carbonyl (C=O) groups is 1. The summed E-state index contributed by atoms with van der Waals surface area (Å²) in [7, 11) is 0. The Hall–Kier alpha value is -2.45. The molecule has 118 valence electrons. The van der Waals surface area contributed by atoms with Crippen LogP contribution in [0.1, 0.15) is 15.9 Å². The number of nitrogens with zero attached hydrogens (tertiary/aromatic N) is 2. The molecule has 0 aromatic heterocycles. The Bertz CT molecular complexity index is 811. The summed E-state index contributed by atoms with van der Waals surface area (Å²) >= 11 is 8.89. The lowest BCUT2D eigenvalue weighted by molar-refractivity contribution is -0.385. The van der Waals surface area contributed by atoms with E-state index >= 15 is 0 Å². The molecule has 0 aliphatic rings. The summed E-state index contributed by atoms with van der Waals surface area (Å²) in [5.41, 5.74) is 2.31. The molecule has 7 nitrogen and oxygen atoms in total. The number of non-ortho nitro benzene ring substituents is 1. The molecule has 0 spiro atoms. The van der Waals surface area contributed by atoms with Gasteiger partial charge < -0.3 is 5.11 Å². The van der Waals surface area contributed by atoms with Gasteiger partial charge in [-0.1, -0.05) is 23.7 Å². The van der Waals surface area contributed by atoms with Crippen molar-refractivity contribution < 1.29 is 14.8 Å². The number of rotatable bonds is 4. The number of phenolic OH excluding ortho intramolecular Hbond substituents is 1. The summed E-state index contributed by atoms with van der Waals surface area (Å²) in [5, 5.41) is 24.6. The molecule has 0 saturated heterocycles. The van der Waals surface area contributed by atoms with Crippen molar-refractivity contribution in [3.8, 4) is 5.75 Å². The van der Waals surface area contributed by atoms with Crippen LogP contribution in [0.4, 0.5) is 5.69 Å². The molecule has 2 aromatic carbocycles. The van der Waals surface area contributed by atoms with E-state index in [4.69, 9.17) is 11.6 Å². The third kappa shape index (κ3) is 4.05. The van der Waals surface area contributed by atoms with Crippen molar-refractivity contribution in [3.05, 3.63) is 67.1 Å². The van der Waals surface area contributed by atoms with Crippen LogP contribution in [0.15, 0.2) is 46.0 Å². The number of aromatic hydroxyl groups is 1. The molecular formula is C14H9BrClN3O4. The number of phenols is 1. The summed E-state index contributed by atoms with van der Waals surface area (Å²) in [6, 6.07) is 8.70. The number of nitrogens with one attached hydrogen (secondary N) is 1. The highest BCUT2D eigenvalue weighted by atomic mass is 79.9. The molecule has 1 amide bonds. The largest absolute Gasteiger partial charge is 0.506 e. The Morgan fingerprint density at radius 3 is 2.74 bits per heavy atom. The van der Waals surface area contributed by atoms with Gasteiger partial charge in [-0.05, 0) is 28.1 Å². The maximum Gasteiger partial charge on any atom is 0.272 e. The first kappa shape index (κ1) is 16.9.